The second-order valence-electron chi connectivity index (χ2n) is 5.00. The third-order valence-corrected chi connectivity index (χ3v) is 3.62. The first-order valence-electron chi connectivity index (χ1n) is 6.46. The van der Waals surface area contributed by atoms with Crippen LogP contribution in [-0.2, 0) is 0 Å². The summed E-state index contributed by atoms with van der Waals surface area (Å²) in [6.45, 7) is 5.50. The van der Waals surface area contributed by atoms with Gasteiger partial charge in [0.15, 0.2) is 0 Å². The van der Waals surface area contributed by atoms with Gasteiger partial charge in [0.05, 0.1) is 11.3 Å². The Morgan fingerprint density at radius 2 is 2.06 bits per heavy atom. The van der Waals surface area contributed by atoms with Crippen molar-refractivity contribution in [3.8, 4) is 0 Å². The highest BCUT2D eigenvalue weighted by molar-refractivity contribution is 5.95. The smallest absolute Gasteiger partial charge is 0.255 e. The highest BCUT2D eigenvalue weighted by atomic mass is 16.3. The van der Waals surface area contributed by atoms with E-state index in [1.807, 2.05) is 30.9 Å². The first-order valence-corrected chi connectivity index (χ1v) is 6.46. The Kier molecular flexibility index (Phi) is 3.97. The number of hydrogen-bond donors (Lipinski definition) is 1. The molecule has 1 amide bonds. The molecular weight excluding hydrogens is 228 g/mol. The minimum atomic E-state index is 0.0661. The van der Waals surface area contributed by atoms with Crippen LogP contribution in [0.15, 0.2) is 12.1 Å². The van der Waals surface area contributed by atoms with E-state index < -0.39 is 0 Å². The second-order valence-corrected chi connectivity index (χ2v) is 5.00. The van der Waals surface area contributed by atoms with Gasteiger partial charge in [0.2, 0.25) is 0 Å². The number of piperidine rings is 1. The standard InChI is InChI=1S/C14H20N2O2/c1-10-3-4-13(11(2)15-10)14(18)16-7-5-12(9-17)6-8-16/h3-4,12,17H,5-9H2,1-2H3. The molecule has 4 nitrogen and oxygen atoms in total. The Morgan fingerprint density at radius 1 is 1.39 bits per heavy atom. The van der Waals surface area contributed by atoms with Crippen molar-refractivity contribution in [3.05, 3.63) is 29.1 Å². The summed E-state index contributed by atoms with van der Waals surface area (Å²) in [5, 5.41) is 9.09. The van der Waals surface area contributed by atoms with E-state index in [4.69, 9.17) is 5.11 Å². The lowest BCUT2D eigenvalue weighted by atomic mass is 9.97. The average Bonchev–Trinajstić information content (AvgIpc) is 2.38. The molecule has 1 aliphatic rings. The van der Waals surface area contributed by atoms with E-state index in [0.29, 0.717) is 11.5 Å². The second kappa shape index (κ2) is 5.48. The van der Waals surface area contributed by atoms with E-state index in [-0.39, 0.29) is 12.5 Å². The number of pyridine rings is 1. The third-order valence-electron chi connectivity index (χ3n) is 3.62. The number of aliphatic hydroxyl groups excluding tert-OH is 1. The minimum Gasteiger partial charge on any atom is -0.396 e. The number of aliphatic hydroxyl groups is 1. The summed E-state index contributed by atoms with van der Waals surface area (Å²) in [5.41, 5.74) is 2.43. The van der Waals surface area contributed by atoms with E-state index in [1.165, 1.54) is 0 Å². The maximum Gasteiger partial charge on any atom is 0.255 e. The Hall–Kier alpha value is -1.42. The van der Waals surface area contributed by atoms with Crippen molar-refractivity contribution < 1.29 is 9.90 Å². The molecule has 2 heterocycles. The summed E-state index contributed by atoms with van der Waals surface area (Å²) in [6.07, 6.45) is 1.78. The largest absolute Gasteiger partial charge is 0.396 e. The van der Waals surface area contributed by atoms with Crippen LogP contribution in [0.2, 0.25) is 0 Å². The summed E-state index contributed by atoms with van der Waals surface area (Å²) in [7, 11) is 0. The van der Waals surface area contributed by atoms with Gasteiger partial charge in [-0.25, -0.2) is 0 Å². The van der Waals surface area contributed by atoms with Crippen LogP contribution >= 0.6 is 0 Å². The molecular formula is C14H20N2O2. The first kappa shape index (κ1) is 13.0. The van der Waals surface area contributed by atoms with Gasteiger partial charge < -0.3 is 10.0 Å². The predicted molar refractivity (Wildman–Crippen MR) is 69.4 cm³/mol. The normalized spacial score (nSPS) is 16.9. The maximum absolute atomic E-state index is 12.4. The van der Waals surface area contributed by atoms with Gasteiger partial charge in [-0.05, 0) is 44.7 Å². The van der Waals surface area contributed by atoms with Gasteiger partial charge in [0.25, 0.3) is 5.91 Å². The van der Waals surface area contributed by atoms with Crippen LogP contribution in [0.4, 0.5) is 0 Å². The molecule has 0 spiro atoms. The van der Waals surface area contributed by atoms with Gasteiger partial charge in [-0.1, -0.05) is 0 Å². The molecule has 0 radical (unpaired) electrons. The van der Waals surface area contributed by atoms with Crippen LogP contribution in [0, 0.1) is 19.8 Å². The van der Waals surface area contributed by atoms with Gasteiger partial charge in [0, 0.05) is 25.4 Å². The first-order chi connectivity index (χ1) is 8.61. The number of hydrogen-bond acceptors (Lipinski definition) is 3. The van der Waals surface area contributed by atoms with E-state index >= 15 is 0 Å². The van der Waals surface area contributed by atoms with Crippen molar-refractivity contribution in [1.82, 2.24) is 9.88 Å². The maximum atomic E-state index is 12.4. The van der Waals surface area contributed by atoms with Gasteiger partial charge >= 0.3 is 0 Å². The van der Waals surface area contributed by atoms with E-state index in [2.05, 4.69) is 4.98 Å². The van der Waals surface area contributed by atoms with Crippen LogP contribution in [-0.4, -0.2) is 40.6 Å². The third kappa shape index (κ3) is 2.70. The van der Waals surface area contributed by atoms with Crippen molar-refractivity contribution >= 4 is 5.91 Å². The molecule has 98 valence electrons. The number of carbonyl (C=O) groups excluding carboxylic acids is 1. The molecule has 1 saturated heterocycles. The molecule has 1 aliphatic heterocycles. The molecule has 0 aliphatic carbocycles. The average molecular weight is 248 g/mol. The highest BCUT2D eigenvalue weighted by Gasteiger charge is 2.24. The lowest BCUT2D eigenvalue weighted by Crippen LogP contribution is -2.39. The van der Waals surface area contributed by atoms with Crippen molar-refractivity contribution in [2.75, 3.05) is 19.7 Å². The number of aromatic nitrogens is 1. The van der Waals surface area contributed by atoms with Gasteiger partial charge in [-0.15, -0.1) is 0 Å². The molecule has 1 fully saturated rings. The lowest BCUT2D eigenvalue weighted by molar-refractivity contribution is 0.0649. The number of rotatable bonds is 2. The summed E-state index contributed by atoms with van der Waals surface area (Å²) in [6, 6.07) is 3.73. The molecule has 4 heteroatoms. The monoisotopic (exact) mass is 248 g/mol. The van der Waals surface area contributed by atoms with Crippen molar-refractivity contribution in [2.24, 2.45) is 5.92 Å². The van der Waals surface area contributed by atoms with Crippen LogP contribution < -0.4 is 0 Å². The SMILES string of the molecule is Cc1ccc(C(=O)N2CCC(CO)CC2)c(C)n1. The zero-order chi connectivity index (χ0) is 13.1. The van der Waals surface area contributed by atoms with Crippen molar-refractivity contribution in [3.63, 3.8) is 0 Å². The molecule has 0 aromatic carbocycles. The van der Waals surface area contributed by atoms with Crippen LogP contribution in [0.1, 0.15) is 34.6 Å². The zero-order valence-corrected chi connectivity index (χ0v) is 11.0. The fourth-order valence-corrected chi connectivity index (χ4v) is 2.40. The highest BCUT2D eigenvalue weighted by Crippen LogP contribution is 2.19. The molecule has 18 heavy (non-hydrogen) atoms. The predicted octanol–water partition coefficient (Wildman–Crippen LogP) is 1.54. The molecule has 2 rings (SSSR count). The Bertz CT molecular complexity index is 437. The molecule has 0 unspecified atom stereocenters. The van der Waals surface area contributed by atoms with E-state index in [1.54, 1.807) is 0 Å². The quantitative estimate of drug-likeness (QED) is 0.863. The number of nitrogens with zero attached hydrogens (tertiary/aromatic N) is 2. The number of likely N-dealkylation sites (tertiary alicyclic amines) is 1. The van der Waals surface area contributed by atoms with Gasteiger partial charge in [-0.3, -0.25) is 9.78 Å². The fraction of sp³-hybridized carbons (Fsp3) is 0.571. The number of aryl methyl sites for hydroxylation is 2. The topological polar surface area (TPSA) is 53.4 Å². The number of amides is 1. The zero-order valence-electron chi connectivity index (χ0n) is 11.0. The van der Waals surface area contributed by atoms with Crippen LogP contribution in [0.5, 0.6) is 0 Å². The van der Waals surface area contributed by atoms with Crippen LogP contribution in [0.3, 0.4) is 0 Å². The van der Waals surface area contributed by atoms with Crippen molar-refractivity contribution in [1.29, 1.82) is 0 Å². The van der Waals surface area contributed by atoms with Gasteiger partial charge in [-0.2, -0.15) is 0 Å². The molecule has 1 N–H and O–H groups in total. The molecule has 1 aromatic heterocycles. The Morgan fingerprint density at radius 3 is 2.61 bits per heavy atom. The molecule has 1 aromatic rings. The van der Waals surface area contributed by atoms with E-state index in [0.717, 1.165) is 37.3 Å². The van der Waals surface area contributed by atoms with Crippen molar-refractivity contribution in [2.45, 2.75) is 26.7 Å². The summed E-state index contributed by atoms with van der Waals surface area (Å²) >= 11 is 0. The summed E-state index contributed by atoms with van der Waals surface area (Å²) in [4.78, 5) is 18.5. The Labute approximate surface area is 108 Å². The Balaban J connectivity index is 2.08. The molecule has 0 saturated carbocycles. The molecule has 0 atom stereocenters. The number of carbonyl (C=O) groups is 1. The van der Waals surface area contributed by atoms with E-state index in [9.17, 15) is 4.79 Å². The molecule has 0 bridgehead atoms. The summed E-state index contributed by atoms with van der Waals surface area (Å²) in [5.74, 6) is 0.419. The lowest BCUT2D eigenvalue weighted by Gasteiger charge is -2.31. The summed E-state index contributed by atoms with van der Waals surface area (Å²) < 4.78 is 0. The van der Waals surface area contributed by atoms with Gasteiger partial charge in [0.1, 0.15) is 0 Å². The minimum absolute atomic E-state index is 0.0661. The fourth-order valence-electron chi connectivity index (χ4n) is 2.40. The van der Waals surface area contributed by atoms with Crippen LogP contribution in [0.25, 0.3) is 0 Å².